The highest BCUT2D eigenvalue weighted by molar-refractivity contribution is 9.12. The Kier molecular flexibility index (Phi) is 2.89. The summed E-state index contributed by atoms with van der Waals surface area (Å²) in [5.41, 5.74) is 2.72. The van der Waals surface area contributed by atoms with Crippen LogP contribution in [0.1, 0.15) is 32.1 Å². The van der Waals surface area contributed by atoms with Gasteiger partial charge in [-0.3, -0.25) is 0 Å². The standard InChI is InChI=1S/C11H15BrO/c1-8-5-6-13-10-4-2-3-9(7-10)11(8)12/h10H,1-7H2. The first-order valence-electron chi connectivity index (χ1n) is 4.94. The van der Waals surface area contributed by atoms with E-state index in [-0.39, 0.29) is 0 Å². The van der Waals surface area contributed by atoms with Crippen molar-refractivity contribution in [2.75, 3.05) is 6.61 Å². The summed E-state index contributed by atoms with van der Waals surface area (Å²) < 4.78 is 7.03. The molecule has 0 radical (unpaired) electrons. The molecule has 0 spiro atoms. The van der Waals surface area contributed by atoms with Crippen LogP contribution in [0, 0.1) is 0 Å². The molecular formula is C11H15BrO. The van der Waals surface area contributed by atoms with E-state index < -0.39 is 0 Å². The van der Waals surface area contributed by atoms with Crippen molar-refractivity contribution in [3.63, 3.8) is 0 Å². The summed E-state index contributed by atoms with van der Waals surface area (Å²) in [6.07, 6.45) is 6.28. The normalized spacial score (nSPS) is 29.9. The second-order valence-electron chi connectivity index (χ2n) is 3.86. The van der Waals surface area contributed by atoms with Gasteiger partial charge in [-0.2, -0.15) is 0 Å². The van der Waals surface area contributed by atoms with Gasteiger partial charge in [0.2, 0.25) is 0 Å². The van der Waals surface area contributed by atoms with E-state index in [1.807, 2.05) is 0 Å². The highest BCUT2D eigenvalue weighted by Gasteiger charge is 2.22. The lowest BCUT2D eigenvalue weighted by atomic mass is 9.90. The van der Waals surface area contributed by atoms with Crippen LogP contribution in [0.2, 0.25) is 0 Å². The van der Waals surface area contributed by atoms with Crippen molar-refractivity contribution in [1.29, 1.82) is 0 Å². The number of hydrogen-bond donors (Lipinski definition) is 0. The summed E-state index contributed by atoms with van der Waals surface area (Å²) in [5, 5.41) is 0. The first kappa shape index (κ1) is 9.47. The summed E-state index contributed by atoms with van der Waals surface area (Å²) in [6.45, 7) is 4.90. The van der Waals surface area contributed by atoms with Crippen LogP contribution in [-0.4, -0.2) is 12.7 Å². The van der Waals surface area contributed by atoms with Crippen molar-refractivity contribution in [1.82, 2.24) is 0 Å². The first-order chi connectivity index (χ1) is 6.27. The van der Waals surface area contributed by atoms with Gasteiger partial charge in [-0.25, -0.2) is 0 Å². The van der Waals surface area contributed by atoms with Gasteiger partial charge in [0.05, 0.1) is 12.7 Å². The molecular weight excluding hydrogens is 228 g/mol. The van der Waals surface area contributed by atoms with Gasteiger partial charge in [-0.15, -0.1) is 0 Å². The quantitative estimate of drug-likeness (QED) is 0.632. The van der Waals surface area contributed by atoms with Crippen molar-refractivity contribution in [3.05, 3.63) is 22.2 Å². The topological polar surface area (TPSA) is 9.23 Å². The van der Waals surface area contributed by atoms with Crippen LogP contribution < -0.4 is 0 Å². The number of hydrogen-bond acceptors (Lipinski definition) is 1. The van der Waals surface area contributed by atoms with E-state index in [9.17, 15) is 0 Å². The Balaban J connectivity index is 2.24. The summed E-state index contributed by atoms with van der Waals surface area (Å²) in [5.74, 6) is 0. The SMILES string of the molecule is C=C1CCOC2CCCC(=C1Br)C2. The molecule has 0 saturated heterocycles. The molecule has 1 aliphatic carbocycles. The molecule has 1 heterocycles. The summed E-state index contributed by atoms with van der Waals surface area (Å²) in [6, 6.07) is 0. The number of halogens is 1. The molecule has 1 nitrogen and oxygen atoms in total. The Bertz CT molecular complexity index is 255. The lowest BCUT2D eigenvalue weighted by molar-refractivity contribution is 0.0397. The maximum Gasteiger partial charge on any atom is 0.0613 e. The lowest BCUT2D eigenvalue weighted by Gasteiger charge is -2.28. The zero-order valence-corrected chi connectivity index (χ0v) is 9.40. The molecule has 0 N–H and O–H groups in total. The second-order valence-corrected chi connectivity index (χ2v) is 4.65. The van der Waals surface area contributed by atoms with E-state index in [1.54, 1.807) is 0 Å². The number of allylic oxidation sites excluding steroid dienone is 1. The molecule has 1 aliphatic heterocycles. The van der Waals surface area contributed by atoms with Crippen molar-refractivity contribution in [3.8, 4) is 0 Å². The van der Waals surface area contributed by atoms with E-state index in [0.29, 0.717) is 6.10 Å². The minimum atomic E-state index is 0.476. The molecule has 2 aliphatic rings. The molecule has 0 aromatic rings. The number of fused-ring (bicyclic) bond motifs is 2. The third-order valence-corrected chi connectivity index (χ3v) is 3.98. The number of rotatable bonds is 0. The summed E-state index contributed by atoms with van der Waals surface area (Å²) in [4.78, 5) is 0. The summed E-state index contributed by atoms with van der Waals surface area (Å²) in [7, 11) is 0. The monoisotopic (exact) mass is 242 g/mol. The van der Waals surface area contributed by atoms with Crippen LogP contribution in [-0.2, 0) is 4.74 Å². The van der Waals surface area contributed by atoms with Crippen molar-refractivity contribution >= 4 is 15.9 Å². The van der Waals surface area contributed by atoms with Gasteiger partial charge < -0.3 is 4.74 Å². The minimum Gasteiger partial charge on any atom is -0.378 e. The van der Waals surface area contributed by atoms with E-state index in [2.05, 4.69) is 22.5 Å². The van der Waals surface area contributed by atoms with Gasteiger partial charge in [0.25, 0.3) is 0 Å². The Morgan fingerprint density at radius 3 is 3.08 bits per heavy atom. The molecule has 2 rings (SSSR count). The predicted molar refractivity (Wildman–Crippen MR) is 57.9 cm³/mol. The first-order valence-corrected chi connectivity index (χ1v) is 5.74. The molecule has 1 fully saturated rings. The van der Waals surface area contributed by atoms with E-state index >= 15 is 0 Å². The van der Waals surface area contributed by atoms with Crippen LogP contribution in [0.25, 0.3) is 0 Å². The Morgan fingerprint density at radius 1 is 1.38 bits per heavy atom. The molecule has 0 amide bonds. The zero-order valence-electron chi connectivity index (χ0n) is 7.81. The molecule has 2 bridgehead atoms. The molecule has 1 unspecified atom stereocenters. The fraction of sp³-hybridized carbons (Fsp3) is 0.636. The Hall–Kier alpha value is -0.0800. The molecule has 0 aromatic carbocycles. The fourth-order valence-electron chi connectivity index (χ4n) is 2.07. The Morgan fingerprint density at radius 2 is 2.23 bits per heavy atom. The third-order valence-electron chi connectivity index (χ3n) is 2.86. The van der Waals surface area contributed by atoms with Crippen LogP contribution in [0.4, 0.5) is 0 Å². The molecule has 1 atom stereocenters. The van der Waals surface area contributed by atoms with Crippen molar-refractivity contribution in [2.45, 2.75) is 38.2 Å². The Labute approximate surface area is 88.0 Å². The maximum atomic E-state index is 5.76. The average Bonchev–Trinajstić information content (AvgIpc) is 2.16. The molecule has 2 heteroatoms. The van der Waals surface area contributed by atoms with Gasteiger partial charge in [0.15, 0.2) is 0 Å². The smallest absolute Gasteiger partial charge is 0.0613 e. The largest absolute Gasteiger partial charge is 0.378 e. The minimum absolute atomic E-state index is 0.476. The molecule has 72 valence electrons. The zero-order chi connectivity index (χ0) is 9.26. The van der Waals surface area contributed by atoms with E-state index in [4.69, 9.17) is 4.74 Å². The van der Waals surface area contributed by atoms with Gasteiger partial charge in [-0.05, 0) is 37.7 Å². The maximum absolute atomic E-state index is 5.76. The van der Waals surface area contributed by atoms with Crippen LogP contribution >= 0.6 is 15.9 Å². The predicted octanol–water partition coefficient (Wildman–Crippen LogP) is 3.55. The van der Waals surface area contributed by atoms with Gasteiger partial charge in [0, 0.05) is 4.48 Å². The van der Waals surface area contributed by atoms with Crippen LogP contribution in [0.3, 0.4) is 0 Å². The van der Waals surface area contributed by atoms with Crippen LogP contribution in [0.5, 0.6) is 0 Å². The lowest BCUT2D eigenvalue weighted by Crippen LogP contribution is -2.21. The summed E-state index contributed by atoms with van der Waals surface area (Å²) >= 11 is 3.65. The number of ether oxygens (including phenoxy) is 1. The fourth-order valence-corrected chi connectivity index (χ4v) is 2.63. The van der Waals surface area contributed by atoms with E-state index in [1.165, 1.54) is 34.9 Å². The second kappa shape index (κ2) is 3.97. The third kappa shape index (κ3) is 2.05. The van der Waals surface area contributed by atoms with E-state index in [0.717, 1.165) is 19.4 Å². The van der Waals surface area contributed by atoms with Gasteiger partial charge in [0.1, 0.15) is 0 Å². The molecule has 0 aromatic heterocycles. The molecule has 1 saturated carbocycles. The van der Waals surface area contributed by atoms with Gasteiger partial charge >= 0.3 is 0 Å². The highest BCUT2D eigenvalue weighted by atomic mass is 79.9. The van der Waals surface area contributed by atoms with Gasteiger partial charge in [-0.1, -0.05) is 28.1 Å². The highest BCUT2D eigenvalue weighted by Crippen LogP contribution is 2.35. The average molecular weight is 243 g/mol. The van der Waals surface area contributed by atoms with Crippen molar-refractivity contribution in [2.24, 2.45) is 0 Å². The molecule has 13 heavy (non-hydrogen) atoms. The van der Waals surface area contributed by atoms with Crippen molar-refractivity contribution < 1.29 is 4.74 Å². The van der Waals surface area contributed by atoms with Crippen LogP contribution in [0.15, 0.2) is 22.2 Å².